The number of hydrogen-bond acceptors (Lipinski definition) is 4. The monoisotopic (exact) mass is 514 g/mol. The minimum Gasteiger partial charge on any atom is -0.482 e. The van der Waals surface area contributed by atoms with Crippen LogP contribution >= 0.6 is 27.5 Å². The second kappa shape index (κ2) is 10.1. The number of carbonyl (C=O) groups is 1. The Morgan fingerprint density at radius 1 is 1.17 bits per heavy atom. The fraction of sp³-hybridized carbons (Fsp3) is 0.381. The molecule has 0 saturated carbocycles. The summed E-state index contributed by atoms with van der Waals surface area (Å²) >= 11 is 9.61. The second-order valence-corrected chi connectivity index (χ2v) is 10.4. The van der Waals surface area contributed by atoms with Crippen LogP contribution in [-0.4, -0.2) is 38.3 Å². The molecule has 1 heterocycles. The van der Waals surface area contributed by atoms with Crippen molar-refractivity contribution in [3.63, 3.8) is 0 Å². The summed E-state index contributed by atoms with van der Waals surface area (Å²) in [5.41, 5.74) is 0.969. The molecule has 2 aromatic carbocycles. The Morgan fingerprint density at radius 2 is 1.83 bits per heavy atom. The summed E-state index contributed by atoms with van der Waals surface area (Å²) in [6.07, 6.45) is 2.77. The second-order valence-electron chi connectivity index (χ2n) is 7.19. The van der Waals surface area contributed by atoms with Crippen LogP contribution in [0.15, 0.2) is 51.8 Å². The van der Waals surface area contributed by atoms with Gasteiger partial charge in [0.05, 0.1) is 16.0 Å². The number of ether oxygens (including phenoxy) is 1. The fourth-order valence-electron chi connectivity index (χ4n) is 3.27. The van der Waals surface area contributed by atoms with E-state index >= 15 is 0 Å². The number of sulfonamides is 1. The number of piperidine rings is 1. The minimum absolute atomic E-state index is 0.134. The predicted octanol–water partition coefficient (Wildman–Crippen LogP) is 4.53. The van der Waals surface area contributed by atoms with Gasteiger partial charge in [-0.05, 0) is 55.7 Å². The van der Waals surface area contributed by atoms with E-state index in [1.165, 1.54) is 22.5 Å². The van der Waals surface area contributed by atoms with E-state index in [4.69, 9.17) is 16.3 Å². The zero-order valence-corrected chi connectivity index (χ0v) is 19.8. The maximum Gasteiger partial charge on any atom is 0.258 e. The summed E-state index contributed by atoms with van der Waals surface area (Å²) in [6.45, 7) is 2.71. The topological polar surface area (TPSA) is 75.7 Å². The maximum atomic E-state index is 12.8. The molecule has 30 heavy (non-hydrogen) atoms. The van der Waals surface area contributed by atoms with Crippen molar-refractivity contribution in [3.8, 4) is 5.75 Å². The largest absolute Gasteiger partial charge is 0.482 e. The third-order valence-corrected chi connectivity index (χ3v) is 7.68. The van der Waals surface area contributed by atoms with Gasteiger partial charge in [-0.25, -0.2) is 8.42 Å². The molecule has 1 aliphatic heterocycles. The van der Waals surface area contributed by atoms with Crippen molar-refractivity contribution in [2.24, 2.45) is 0 Å². The molecule has 0 aliphatic carbocycles. The lowest BCUT2D eigenvalue weighted by Gasteiger charge is -2.26. The third kappa shape index (κ3) is 5.75. The van der Waals surface area contributed by atoms with Gasteiger partial charge in [0.2, 0.25) is 10.0 Å². The molecule has 0 bridgehead atoms. The Balaban J connectivity index is 1.59. The van der Waals surface area contributed by atoms with Gasteiger partial charge in [-0.1, -0.05) is 46.1 Å². The molecule has 9 heteroatoms. The van der Waals surface area contributed by atoms with Crippen LogP contribution in [0.25, 0.3) is 0 Å². The lowest BCUT2D eigenvalue weighted by atomic mass is 10.1. The lowest BCUT2D eigenvalue weighted by Crippen LogP contribution is -2.35. The van der Waals surface area contributed by atoms with Crippen LogP contribution in [0.3, 0.4) is 0 Å². The van der Waals surface area contributed by atoms with Crippen LogP contribution in [0.1, 0.15) is 37.8 Å². The molecule has 0 radical (unpaired) electrons. The van der Waals surface area contributed by atoms with Gasteiger partial charge in [-0.2, -0.15) is 4.31 Å². The number of nitrogens with one attached hydrogen (secondary N) is 1. The van der Waals surface area contributed by atoms with E-state index in [9.17, 15) is 13.2 Å². The summed E-state index contributed by atoms with van der Waals surface area (Å²) in [5.74, 6) is -0.0350. The summed E-state index contributed by atoms with van der Waals surface area (Å²) in [4.78, 5) is 12.4. The SMILES string of the molecule is C[C@H](NC(=O)COc1ccc(S(=O)(=O)N2CCCCC2)cc1Cl)c1ccc(Br)cc1. The molecule has 3 rings (SSSR count). The molecule has 1 aliphatic rings. The first-order chi connectivity index (χ1) is 14.3. The molecule has 0 spiro atoms. The van der Waals surface area contributed by atoms with E-state index in [1.54, 1.807) is 0 Å². The van der Waals surface area contributed by atoms with Crippen molar-refractivity contribution in [1.82, 2.24) is 9.62 Å². The van der Waals surface area contributed by atoms with Gasteiger partial charge in [0.15, 0.2) is 6.61 Å². The Kier molecular flexibility index (Phi) is 7.79. The number of rotatable bonds is 7. The van der Waals surface area contributed by atoms with Crippen molar-refractivity contribution < 1.29 is 17.9 Å². The average molecular weight is 516 g/mol. The van der Waals surface area contributed by atoms with Crippen molar-refractivity contribution >= 4 is 43.5 Å². The third-order valence-electron chi connectivity index (χ3n) is 4.96. The molecular formula is C21H24BrClN2O4S. The van der Waals surface area contributed by atoms with Crippen LogP contribution in [0.5, 0.6) is 5.75 Å². The lowest BCUT2D eigenvalue weighted by molar-refractivity contribution is -0.123. The molecule has 1 atom stereocenters. The average Bonchev–Trinajstić information content (AvgIpc) is 2.73. The van der Waals surface area contributed by atoms with Crippen LogP contribution in [0, 0.1) is 0 Å². The molecule has 1 saturated heterocycles. The van der Waals surface area contributed by atoms with Crippen LogP contribution in [0.2, 0.25) is 5.02 Å². The molecule has 6 nitrogen and oxygen atoms in total. The van der Waals surface area contributed by atoms with Crippen molar-refractivity contribution in [2.75, 3.05) is 19.7 Å². The van der Waals surface area contributed by atoms with E-state index in [0.717, 1.165) is 29.3 Å². The Hall–Kier alpha value is -1.61. The van der Waals surface area contributed by atoms with Crippen molar-refractivity contribution in [2.45, 2.75) is 37.1 Å². The zero-order valence-electron chi connectivity index (χ0n) is 16.6. The summed E-state index contributed by atoms with van der Waals surface area (Å²) in [6, 6.07) is 11.8. The quantitative estimate of drug-likeness (QED) is 0.588. The van der Waals surface area contributed by atoms with Crippen molar-refractivity contribution in [1.29, 1.82) is 0 Å². The van der Waals surface area contributed by atoms with Crippen LogP contribution in [0.4, 0.5) is 0 Å². The van der Waals surface area contributed by atoms with E-state index in [1.807, 2.05) is 31.2 Å². The van der Waals surface area contributed by atoms with E-state index in [2.05, 4.69) is 21.2 Å². The Morgan fingerprint density at radius 3 is 2.47 bits per heavy atom. The number of benzene rings is 2. The highest BCUT2D eigenvalue weighted by atomic mass is 79.9. The molecule has 1 amide bonds. The summed E-state index contributed by atoms with van der Waals surface area (Å²) in [5, 5.41) is 3.01. The smallest absolute Gasteiger partial charge is 0.258 e. The van der Waals surface area contributed by atoms with E-state index in [0.29, 0.717) is 13.1 Å². The van der Waals surface area contributed by atoms with Gasteiger partial charge < -0.3 is 10.1 Å². The molecule has 1 fully saturated rings. The normalized spacial score (nSPS) is 16.1. The van der Waals surface area contributed by atoms with Gasteiger partial charge >= 0.3 is 0 Å². The number of halogens is 2. The predicted molar refractivity (Wildman–Crippen MR) is 120 cm³/mol. The van der Waals surface area contributed by atoms with E-state index in [-0.39, 0.29) is 34.2 Å². The molecular weight excluding hydrogens is 492 g/mol. The molecule has 0 aromatic heterocycles. The van der Waals surface area contributed by atoms with Gasteiger partial charge in [0, 0.05) is 17.6 Å². The summed E-state index contributed by atoms with van der Waals surface area (Å²) in [7, 11) is -3.57. The number of amides is 1. The number of carbonyl (C=O) groups excluding carboxylic acids is 1. The van der Waals surface area contributed by atoms with Gasteiger partial charge in [-0.15, -0.1) is 0 Å². The number of hydrogen-bond donors (Lipinski definition) is 1. The van der Waals surface area contributed by atoms with Crippen LogP contribution in [-0.2, 0) is 14.8 Å². The Bertz CT molecular complexity index is 993. The fourth-order valence-corrected chi connectivity index (χ4v) is 5.38. The maximum absolute atomic E-state index is 12.8. The first-order valence-corrected chi connectivity index (χ1v) is 12.4. The summed E-state index contributed by atoms with van der Waals surface area (Å²) < 4.78 is 33.5. The van der Waals surface area contributed by atoms with E-state index < -0.39 is 10.0 Å². The standard InChI is InChI=1S/C21H24BrClN2O4S/c1-15(16-5-7-17(22)8-6-16)24-21(26)14-29-20-10-9-18(13-19(20)23)30(27,28)25-11-3-2-4-12-25/h5-10,13,15H,2-4,11-12,14H2,1H3,(H,24,26)/t15-/m0/s1. The van der Waals surface area contributed by atoms with Crippen LogP contribution < -0.4 is 10.1 Å². The molecule has 2 aromatic rings. The minimum atomic E-state index is -3.57. The highest BCUT2D eigenvalue weighted by Gasteiger charge is 2.26. The molecule has 0 unspecified atom stereocenters. The first-order valence-electron chi connectivity index (χ1n) is 9.75. The Labute approximate surface area is 190 Å². The van der Waals surface area contributed by atoms with Gasteiger partial charge in [0.25, 0.3) is 5.91 Å². The number of nitrogens with zero attached hydrogens (tertiary/aromatic N) is 1. The molecule has 162 valence electrons. The van der Waals surface area contributed by atoms with Gasteiger partial charge in [0.1, 0.15) is 5.75 Å². The van der Waals surface area contributed by atoms with Gasteiger partial charge in [-0.3, -0.25) is 4.79 Å². The first kappa shape index (κ1) is 23.1. The highest BCUT2D eigenvalue weighted by Crippen LogP contribution is 2.29. The molecule has 1 N–H and O–H groups in total. The zero-order chi connectivity index (χ0) is 21.7. The van der Waals surface area contributed by atoms with Crippen molar-refractivity contribution in [3.05, 3.63) is 57.5 Å². The highest BCUT2D eigenvalue weighted by molar-refractivity contribution is 9.10.